The second-order valence-corrected chi connectivity index (χ2v) is 5.16. The largest absolute Gasteiger partial charge is 0.369 e. The Morgan fingerprint density at radius 3 is 2.78 bits per heavy atom. The third kappa shape index (κ3) is 1.97. The Labute approximate surface area is 107 Å². The summed E-state index contributed by atoms with van der Waals surface area (Å²) >= 11 is 0. The van der Waals surface area contributed by atoms with Crippen LogP contribution in [0, 0.1) is 0 Å². The maximum Gasteiger partial charge on any atom is 0.201 e. The second kappa shape index (κ2) is 4.61. The van der Waals surface area contributed by atoms with Gasteiger partial charge in [-0.05, 0) is 45.0 Å². The number of fused-ring (bicyclic) bond motifs is 1. The molecule has 2 heterocycles. The summed E-state index contributed by atoms with van der Waals surface area (Å²) in [6.45, 7) is 5.63. The van der Waals surface area contributed by atoms with Gasteiger partial charge in [0, 0.05) is 12.6 Å². The molecule has 0 bridgehead atoms. The van der Waals surface area contributed by atoms with Gasteiger partial charge in [0.25, 0.3) is 0 Å². The Kier molecular flexibility index (Phi) is 2.96. The first-order valence-electron chi connectivity index (χ1n) is 6.70. The molecule has 0 spiro atoms. The Morgan fingerprint density at radius 1 is 1.28 bits per heavy atom. The number of anilines is 1. The van der Waals surface area contributed by atoms with Crippen LogP contribution in [0.3, 0.4) is 0 Å². The zero-order valence-electron chi connectivity index (χ0n) is 10.8. The van der Waals surface area contributed by atoms with E-state index in [-0.39, 0.29) is 0 Å². The first-order valence-corrected chi connectivity index (χ1v) is 6.70. The van der Waals surface area contributed by atoms with Gasteiger partial charge in [-0.1, -0.05) is 12.1 Å². The first-order chi connectivity index (χ1) is 8.75. The lowest BCUT2D eigenvalue weighted by Crippen LogP contribution is -2.33. The van der Waals surface area contributed by atoms with E-state index in [4.69, 9.17) is 5.73 Å². The minimum absolute atomic E-state index is 0.521. The number of likely N-dealkylation sites (tertiary alicyclic amines) is 1. The highest BCUT2D eigenvalue weighted by atomic mass is 15.2. The molecule has 3 rings (SSSR count). The number of nitrogens with zero attached hydrogens (tertiary/aromatic N) is 3. The molecule has 2 aromatic rings. The highest BCUT2D eigenvalue weighted by Gasteiger charge is 2.19. The highest BCUT2D eigenvalue weighted by molar-refractivity contribution is 5.78. The second-order valence-electron chi connectivity index (χ2n) is 5.16. The quantitative estimate of drug-likeness (QED) is 0.899. The fourth-order valence-electron chi connectivity index (χ4n) is 2.85. The van der Waals surface area contributed by atoms with Crippen molar-refractivity contribution < 1.29 is 0 Å². The molecule has 1 aromatic carbocycles. The molecule has 0 radical (unpaired) electrons. The molecule has 1 atom stereocenters. The monoisotopic (exact) mass is 244 g/mol. The van der Waals surface area contributed by atoms with Crippen LogP contribution in [0.2, 0.25) is 0 Å². The van der Waals surface area contributed by atoms with Crippen molar-refractivity contribution in [1.29, 1.82) is 0 Å². The SMILES string of the molecule is CC(Cn1c(N)nc2ccccc21)N1CCCC1. The number of nitrogen functional groups attached to an aromatic ring is 1. The molecular formula is C14H20N4. The molecule has 4 heteroatoms. The minimum Gasteiger partial charge on any atom is -0.369 e. The summed E-state index contributed by atoms with van der Waals surface area (Å²) < 4.78 is 2.14. The van der Waals surface area contributed by atoms with Gasteiger partial charge in [-0.3, -0.25) is 4.90 Å². The van der Waals surface area contributed by atoms with Gasteiger partial charge < -0.3 is 10.3 Å². The minimum atomic E-state index is 0.521. The number of aromatic nitrogens is 2. The number of hydrogen-bond acceptors (Lipinski definition) is 3. The van der Waals surface area contributed by atoms with Crippen molar-refractivity contribution in [2.45, 2.75) is 32.4 Å². The van der Waals surface area contributed by atoms with Gasteiger partial charge in [0.1, 0.15) is 0 Å². The van der Waals surface area contributed by atoms with Gasteiger partial charge in [0.15, 0.2) is 0 Å². The number of nitrogens with two attached hydrogens (primary N) is 1. The van der Waals surface area contributed by atoms with E-state index in [1.807, 2.05) is 18.2 Å². The first kappa shape index (κ1) is 11.5. The summed E-state index contributed by atoms with van der Waals surface area (Å²) in [5.41, 5.74) is 8.16. The number of rotatable bonds is 3. The fourth-order valence-corrected chi connectivity index (χ4v) is 2.85. The molecule has 0 saturated carbocycles. The standard InChI is InChI=1S/C14H20N4/c1-11(17-8-4-5-9-17)10-18-13-7-3-2-6-12(13)16-14(18)15/h2-3,6-7,11H,4-5,8-10H2,1H3,(H2,15,16). The molecule has 1 aromatic heterocycles. The summed E-state index contributed by atoms with van der Waals surface area (Å²) in [4.78, 5) is 6.95. The lowest BCUT2D eigenvalue weighted by molar-refractivity contribution is 0.238. The number of hydrogen-bond donors (Lipinski definition) is 1. The molecule has 4 nitrogen and oxygen atoms in total. The molecule has 1 aliphatic rings. The van der Waals surface area contributed by atoms with Crippen LogP contribution < -0.4 is 5.73 Å². The predicted octanol–water partition coefficient (Wildman–Crippen LogP) is 2.10. The Bertz CT molecular complexity index is 540. The van der Waals surface area contributed by atoms with Gasteiger partial charge in [-0.15, -0.1) is 0 Å². The summed E-state index contributed by atoms with van der Waals surface area (Å²) in [6.07, 6.45) is 2.65. The molecule has 96 valence electrons. The van der Waals surface area contributed by atoms with Crippen molar-refractivity contribution >= 4 is 17.0 Å². The van der Waals surface area contributed by atoms with E-state index in [1.54, 1.807) is 0 Å². The van der Waals surface area contributed by atoms with Crippen molar-refractivity contribution in [1.82, 2.24) is 14.5 Å². The van der Waals surface area contributed by atoms with Gasteiger partial charge in [-0.2, -0.15) is 0 Å². The smallest absolute Gasteiger partial charge is 0.201 e. The van der Waals surface area contributed by atoms with Crippen LogP contribution in [0.5, 0.6) is 0 Å². The van der Waals surface area contributed by atoms with E-state index >= 15 is 0 Å². The van der Waals surface area contributed by atoms with Crippen LogP contribution in [-0.4, -0.2) is 33.6 Å². The Morgan fingerprint density at radius 2 is 2.00 bits per heavy atom. The lowest BCUT2D eigenvalue weighted by Gasteiger charge is -2.24. The van der Waals surface area contributed by atoms with Crippen molar-refractivity contribution in [3.8, 4) is 0 Å². The normalized spacial score (nSPS) is 18.5. The van der Waals surface area contributed by atoms with Crippen LogP contribution in [0.25, 0.3) is 11.0 Å². The van der Waals surface area contributed by atoms with Crippen molar-refractivity contribution in [3.05, 3.63) is 24.3 Å². The third-order valence-electron chi connectivity index (χ3n) is 3.89. The number of benzene rings is 1. The molecule has 1 unspecified atom stereocenters. The average molecular weight is 244 g/mol. The van der Waals surface area contributed by atoms with E-state index < -0.39 is 0 Å². The zero-order valence-corrected chi connectivity index (χ0v) is 10.8. The van der Waals surface area contributed by atoms with Crippen molar-refractivity contribution in [2.75, 3.05) is 18.8 Å². The summed E-state index contributed by atoms with van der Waals surface area (Å²) in [6, 6.07) is 8.68. The fraction of sp³-hybridized carbons (Fsp3) is 0.500. The predicted molar refractivity (Wildman–Crippen MR) is 74.4 cm³/mol. The van der Waals surface area contributed by atoms with Crippen LogP contribution >= 0.6 is 0 Å². The summed E-state index contributed by atoms with van der Waals surface area (Å²) in [5.74, 6) is 0.627. The van der Waals surface area contributed by atoms with Gasteiger partial charge in [0.05, 0.1) is 11.0 Å². The molecular weight excluding hydrogens is 224 g/mol. The van der Waals surface area contributed by atoms with E-state index in [0.29, 0.717) is 12.0 Å². The lowest BCUT2D eigenvalue weighted by atomic mass is 10.2. The molecule has 0 aliphatic carbocycles. The van der Waals surface area contributed by atoms with E-state index in [2.05, 4.69) is 27.4 Å². The number of imidazole rings is 1. The van der Waals surface area contributed by atoms with Gasteiger partial charge in [0.2, 0.25) is 5.95 Å². The Hall–Kier alpha value is -1.55. The molecule has 2 N–H and O–H groups in total. The highest BCUT2D eigenvalue weighted by Crippen LogP contribution is 2.20. The maximum atomic E-state index is 6.03. The van der Waals surface area contributed by atoms with Crippen LogP contribution in [-0.2, 0) is 6.54 Å². The van der Waals surface area contributed by atoms with E-state index in [1.165, 1.54) is 25.9 Å². The van der Waals surface area contributed by atoms with E-state index in [0.717, 1.165) is 17.6 Å². The Balaban J connectivity index is 1.87. The molecule has 1 saturated heterocycles. The molecule has 0 amide bonds. The van der Waals surface area contributed by atoms with Gasteiger partial charge in [-0.25, -0.2) is 4.98 Å². The zero-order chi connectivity index (χ0) is 12.5. The summed E-state index contributed by atoms with van der Waals surface area (Å²) in [5, 5.41) is 0. The van der Waals surface area contributed by atoms with Crippen LogP contribution in [0.1, 0.15) is 19.8 Å². The molecule has 18 heavy (non-hydrogen) atoms. The average Bonchev–Trinajstić information content (AvgIpc) is 2.98. The van der Waals surface area contributed by atoms with Crippen molar-refractivity contribution in [2.24, 2.45) is 0 Å². The topological polar surface area (TPSA) is 47.1 Å². The van der Waals surface area contributed by atoms with E-state index in [9.17, 15) is 0 Å². The van der Waals surface area contributed by atoms with Gasteiger partial charge >= 0.3 is 0 Å². The molecule has 1 aliphatic heterocycles. The number of para-hydroxylation sites is 2. The van der Waals surface area contributed by atoms with Crippen LogP contribution in [0.15, 0.2) is 24.3 Å². The summed E-state index contributed by atoms with van der Waals surface area (Å²) in [7, 11) is 0. The van der Waals surface area contributed by atoms with Crippen LogP contribution in [0.4, 0.5) is 5.95 Å². The molecule has 1 fully saturated rings. The maximum absolute atomic E-state index is 6.03. The third-order valence-corrected chi connectivity index (χ3v) is 3.89. The van der Waals surface area contributed by atoms with Crippen molar-refractivity contribution in [3.63, 3.8) is 0 Å².